The third-order valence-electron chi connectivity index (χ3n) is 2.36. The van der Waals surface area contributed by atoms with E-state index in [2.05, 4.69) is 0 Å². The summed E-state index contributed by atoms with van der Waals surface area (Å²) in [7, 11) is -3.93. The van der Waals surface area contributed by atoms with E-state index < -0.39 is 7.82 Å². The maximum Gasteiger partial charge on any atom is 0.587 e. The molecule has 0 aliphatic carbocycles. The van der Waals surface area contributed by atoms with Crippen LogP contribution in [0.2, 0.25) is 0 Å². The number of phenols is 2. The van der Waals surface area contributed by atoms with Crippen LogP contribution in [0, 0.1) is 0 Å². The zero-order valence-electron chi connectivity index (χ0n) is 11.3. The minimum absolute atomic E-state index is 0.0343. The molecule has 0 fully saturated rings. The molecule has 0 radical (unpaired) electrons. The van der Waals surface area contributed by atoms with Crippen molar-refractivity contribution in [1.29, 1.82) is 0 Å². The molecule has 2 N–H and O–H groups in total. The van der Waals surface area contributed by atoms with Crippen molar-refractivity contribution >= 4 is 7.82 Å². The summed E-state index contributed by atoms with van der Waals surface area (Å²) < 4.78 is 28.1. The molecule has 0 atom stereocenters. The van der Waals surface area contributed by atoms with Gasteiger partial charge in [-0.15, -0.1) is 0 Å². The molecule has 0 aromatic heterocycles. The van der Waals surface area contributed by atoms with Crippen LogP contribution in [0.1, 0.15) is 6.92 Å². The maximum absolute atomic E-state index is 12.5. The molecule has 0 heterocycles. The lowest BCUT2D eigenvalue weighted by Gasteiger charge is -2.18. The molecular formula is C14H15O6P. The van der Waals surface area contributed by atoms with Gasteiger partial charge in [-0.1, -0.05) is 12.1 Å². The number of benzene rings is 2. The second-order valence-corrected chi connectivity index (χ2v) is 5.56. The fourth-order valence-corrected chi connectivity index (χ4v) is 2.77. The highest BCUT2D eigenvalue weighted by Crippen LogP contribution is 2.50. The molecule has 2 aromatic rings. The SMILES string of the molecule is CCOP(=O)(Oc1cccc(O)c1)Oc1cccc(O)c1. The maximum atomic E-state index is 12.5. The molecule has 2 rings (SSSR count). The van der Waals surface area contributed by atoms with Crippen molar-refractivity contribution in [1.82, 2.24) is 0 Å². The summed E-state index contributed by atoms with van der Waals surface area (Å²) >= 11 is 0. The van der Waals surface area contributed by atoms with Gasteiger partial charge in [0.05, 0.1) is 6.61 Å². The highest BCUT2D eigenvalue weighted by molar-refractivity contribution is 7.49. The van der Waals surface area contributed by atoms with Crippen LogP contribution in [0.5, 0.6) is 23.0 Å². The molecule has 0 spiro atoms. The van der Waals surface area contributed by atoms with Crippen molar-refractivity contribution in [2.24, 2.45) is 0 Å². The first kappa shape index (κ1) is 15.2. The van der Waals surface area contributed by atoms with E-state index in [9.17, 15) is 14.8 Å². The number of phosphoric acid groups is 1. The number of phosphoric ester groups is 1. The van der Waals surface area contributed by atoms with Crippen LogP contribution in [0.25, 0.3) is 0 Å². The first-order valence-electron chi connectivity index (χ1n) is 6.22. The number of hydrogen-bond donors (Lipinski definition) is 2. The Kier molecular flexibility index (Phi) is 4.73. The minimum atomic E-state index is -3.93. The van der Waals surface area contributed by atoms with Gasteiger partial charge in [-0.2, -0.15) is 0 Å². The van der Waals surface area contributed by atoms with Crippen LogP contribution < -0.4 is 9.05 Å². The normalized spacial score (nSPS) is 11.1. The molecule has 0 bridgehead atoms. The Balaban J connectivity index is 2.21. The first-order chi connectivity index (χ1) is 10.0. The van der Waals surface area contributed by atoms with Crippen LogP contribution in [-0.2, 0) is 9.09 Å². The Morgan fingerprint density at radius 2 is 1.43 bits per heavy atom. The van der Waals surface area contributed by atoms with Gasteiger partial charge in [0, 0.05) is 12.1 Å². The molecule has 0 aliphatic heterocycles. The lowest BCUT2D eigenvalue weighted by molar-refractivity contribution is 0.219. The van der Waals surface area contributed by atoms with E-state index in [1.807, 2.05) is 0 Å². The Morgan fingerprint density at radius 3 is 1.81 bits per heavy atom. The summed E-state index contributed by atoms with van der Waals surface area (Å²) in [5.74, 6) is 0.222. The fraction of sp³-hybridized carbons (Fsp3) is 0.143. The Bertz CT molecular complexity index is 606. The van der Waals surface area contributed by atoms with E-state index in [1.54, 1.807) is 6.92 Å². The molecule has 2 aromatic carbocycles. The van der Waals surface area contributed by atoms with Crippen LogP contribution in [0.3, 0.4) is 0 Å². The van der Waals surface area contributed by atoms with Crippen molar-refractivity contribution in [2.45, 2.75) is 6.92 Å². The second kappa shape index (κ2) is 6.52. The van der Waals surface area contributed by atoms with Gasteiger partial charge in [0.2, 0.25) is 0 Å². The third kappa shape index (κ3) is 4.41. The molecule has 0 unspecified atom stereocenters. The number of rotatable bonds is 6. The van der Waals surface area contributed by atoms with E-state index in [0.29, 0.717) is 0 Å². The van der Waals surface area contributed by atoms with Crippen molar-refractivity contribution < 1.29 is 28.3 Å². The summed E-state index contributed by atoms with van der Waals surface area (Å²) in [4.78, 5) is 0. The van der Waals surface area contributed by atoms with E-state index in [-0.39, 0.29) is 29.6 Å². The summed E-state index contributed by atoms with van der Waals surface area (Å²) in [6, 6.07) is 11.6. The molecule has 0 amide bonds. The van der Waals surface area contributed by atoms with E-state index >= 15 is 0 Å². The molecule has 0 saturated carbocycles. The van der Waals surface area contributed by atoms with Gasteiger partial charge >= 0.3 is 7.82 Å². The molecule has 0 saturated heterocycles. The van der Waals surface area contributed by atoms with E-state index in [4.69, 9.17) is 13.6 Å². The minimum Gasteiger partial charge on any atom is -0.508 e. The predicted octanol–water partition coefficient (Wildman–Crippen LogP) is 3.70. The molecule has 0 aliphatic rings. The van der Waals surface area contributed by atoms with Crippen LogP contribution in [0.15, 0.2) is 48.5 Å². The van der Waals surface area contributed by atoms with Gasteiger partial charge in [0.1, 0.15) is 23.0 Å². The van der Waals surface area contributed by atoms with Gasteiger partial charge in [0.15, 0.2) is 0 Å². The van der Waals surface area contributed by atoms with Crippen molar-refractivity contribution in [3.8, 4) is 23.0 Å². The Labute approximate surface area is 122 Å². The third-order valence-corrected chi connectivity index (χ3v) is 3.80. The molecule has 112 valence electrons. The zero-order valence-corrected chi connectivity index (χ0v) is 12.2. The monoisotopic (exact) mass is 310 g/mol. The van der Waals surface area contributed by atoms with Crippen LogP contribution in [-0.4, -0.2) is 16.8 Å². The molecule has 21 heavy (non-hydrogen) atoms. The number of phenolic OH excluding ortho intramolecular Hbond substituents is 2. The fourth-order valence-electron chi connectivity index (χ4n) is 1.57. The standard InChI is InChI=1S/C14H15O6P/c1-2-18-21(17,19-13-7-3-5-11(15)9-13)20-14-8-4-6-12(16)10-14/h3-10,15-16H,2H2,1H3. The quantitative estimate of drug-likeness (QED) is 0.791. The van der Waals surface area contributed by atoms with Gasteiger partial charge in [-0.25, -0.2) is 4.57 Å². The highest BCUT2D eigenvalue weighted by Gasteiger charge is 2.30. The topological polar surface area (TPSA) is 85.2 Å². The van der Waals surface area contributed by atoms with Gasteiger partial charge in [0.25, 0.3) is 0 Å². The number of aromatic hydroxyl groups is 2. The van der Waals surface area contributed by atoms with E-state index in [1.165, 1.54) is 48.5 Å². The lowest BCUT2D eigenvalue weighted by Crippen LogP contribution is -2.04. The summed E-state index contributed by atoms with van der Waals surface area (Å²) in [5.41, 5.74) is 0. The predicted molar refractivity (Wildman–Crippen MR) is 76.7 cm³/mol. The summed E-state index contributed by atoms with van der Waals surface area (Å²) in [6.45, 7) is 1.75. The molecule has 6 nitrogen and oxygen atoms in total. The van der Waals surface area contributed by atoms with Gasteiger partial charge in [-0.05, 0) is 31.2 Å². The van der Waals surface area contributed by atoms with Crippen molar-refractivity contribution in [3.63, 3.8) is 0 Å². The van der Waals surface area contributed by atoms with Crippen molar-refractivity contribution in [3.05, 3.63) is 48.5 Å². The summed E-state index contributed by atoms with van der Waals surface area (Å²) in [6.07, 6.45) is 0. The van der Waals surface area contributed by atoms with Gasteiger partial charge < -0.3 is 19.3 Å². The van der Waals surface area contributed by atoms with Gasteiger partial charge in [-0.3, -0.25) is 4.52 Å². The number of hydrogen-bond acceptors (Lipinski definition) is 6. The van der Waals surface area contributed by atoms with Crippen molar-refractivity contribution in [2.75, 3.05) is 6.61 Å². The zero-order chi connectivity index (χ0) is 15.3. The smallest absolute Gasteiger partial charge is 0.508 e. The first-order valence-corrected chi connectivity index (χ1v) is 7.68. The Morgan fingerprint density at radius 1 is 0.952 bits per heavy atom. The summed E-state index contributed by atoms with van der Waals surface area (Å²) in [5, 5.41) is 18.8. The highest BCUT2D eigenvalue weighted by atomic mass is 31.2. The van der Waals surface area contributed by atoms with E-state index in [0.717, 1.165) is 0 Å². The molecule has 7 heteroatoms. The molecular weight excluding hydrogens is 295 g/mol. The lowest BCUT2D eigenvalue weighted by atomic mass is 10.3. The van der Waals surface area contributed by atoms with Crippen LogP contribution >= 0.6 is 7.82 Å². The Hall–Kier alpha value is -2.17. The average Bonchev–Trinajstić information content (AvgIpc) is 2.38. The van der Waals surface area contributed by atoms with Crippen LogP contribution in [0.4, 0.5) is 0 Å². The average molecular weight is 310 g/mol. The largest absolute Gasteiger partial charge is 0.587 e. The second-order valence-electron chi connectivity index (χ2n) is 4.04.